The number of anilines is 1. The molecule has 3 aromatic rings. The molecule has 5 nitrogen and oxygen atoms in total. The maximum atomic E-state index is 13.1. The van der Waals surface area contributed by atoms with E-state index in [1.165, 1.54) is 0 Å². The summed E-state index contributed by atoms with van der Waals surface area (Å²) in [6, 6.07) is 10.6. The van der Waals surface area contributed by atoms with E-state index in [0.29, 0.717) is 22.7 Å². The van der Waals surface area contributed by atoms with Gasteiger partial charge >= 0.3 is 0 Å². The zero-order valence-electron chi connectivity index (χ0n) is 19.7. The Bertz CT molecular complexity index is 1160. The number of phenolic OH excluding ortho intramolecular Hbond substituents is 1. The van der Waals surface area contributed by atoms with E-state index in [0.717, 1.165) is 59.0 Å². The first-order chi connectivity index (χ1) is 15.8. The van der Waals surface area contributed by atoms with Crippen molar-refractivity contribution in [1.82, 2.24) is 10.3 Å². The van der Waals surface area contributed by atoms with E-state index in [-0.39, 0.29) is 17.5 Å². The van der Waals surface area contributed by atoms with Crippen molar-refractivity contribution < 1.29 is 9.90 Å². The van der Waals surface area contributed by atoms with Crippen LogP contribution in [0.5, 0.6) is 5.75 Å². The summed E-state index contributed by atoms with van der Waals surface area (Å²) >= 11 is 6.25. The van der Waals surface area contributed by atoms with Crippen LogP contribution in [0.3, 0.4) is 0 Å². The Morgan fingerprint density at radius 3 is 2.42 bits per heavy atom. The van der Waals surface area contributed by atoms with Gasteiger partial charge in [-0.15, -0.1) is 0 Å². The molecule has 0 bridgehead atoms. The molecule has 0 amide bonds. The number of benzene rings is 2. The standard InChI is InChI=1S/C27H32ClN3O2/c1-15(2)26(32)22-14-30-24-10-5-17(18-11-16(3)27(33)23(28)13-18)12-21(24)25(22)31-20-8-6-19(29-4)7-9-20/h5,10-15,19-20,29,33H,6-9H2,1-4H3,(H,30,31)/t19-,20-. The molecular weight excluding hydrogens is 434 g/mol. The van der Waals surface area contributed by atoms with E-state index in [4.69, 9.17) is 11.6 Å². The molecule has 1 fully saturated rings. The zero-order valence-corrected chi connectivity index (χ0v) is 20.5. The van der Waals surface area contributed by atoms with E-state index in [1.54, 1.807) is 12.3 Å². The van der Waals surface area contributed by atoms with Crippen molar-refractivity contribution >= 4 is 34.0 Å². The molecule has 174 valence electrons. The minimum atomic E-state index is -0.119. The third-order valence-corrected chi connectivity index (χ3v) is 7.02. The monoisotopic (exact) mass is 465 g/mol. The highest BCUT2D eigenvalue weighted by Gasteiger charge is 2.24. The Balaban J connectivity index is 1.81. The quantitative estimate of drug-likeness (QED) is 0.370. The third kappa shape index (κ3) is 4.85. The number of carbonyl (C=O) groups excluding carboxylic acids is 1. The number of aromatic nitrogens is 1. The Hall–Kier alpha value is -2.63. The Kier molecular flexibility index (Phi) is 6.91. The van der Waals surface area contributed by atoms with Crippen molar-refractivity contribution in [3.8, 4) is 16.9 Å². The summed E-state index contributed by atoms with van der Waals surface area (Å²) in [5.74, 6) is 0.0727. The number of aryl methyl sites for hydroxylation is 1. The highest BCUT2D eigenvalue weighted by molar-refractivity contribution is 6.32. The van der Waals surface area contributed by atoms with E-state index >= 15 is 0 Å². The van der Waals surface area contributed by atoms with E-state index < -0.39 is 0 Å². The van der Waals surface area contributed by atoms with Gasteiger partial charge in [0.05, 0.1) is 21.8 Å². The minimum absolute atomic E-state index is 0.0877. The van der Waals surface area contributed by atoms with Gasteiger partial charge in [0.2, 0.25) is 0 Å². The first-order valence-electron chi connectivity index (χ1n) is 11.7. The summed E-state index contributed by atoms with van der Waals surface area (Å²) in [6.45, 7) is 5.68. The Labute approximate surface area is 200 Å². The van der Waals surface area contributed by atoms with Crippen molar-refractivity contribution in [2.24, 2.45) is 5.92 Å². The fraction of sp³-hybridized carbons (Fsp3) is 0.407. The lowest BCUT2D eigenvalue weighted by Gasteiger charge is -2.30. The van der Waals surface area contributed by atoms with Gasteiger partial charge in [-0.3, -0.25) is 9.78 Å². The van der Waals surface area contributed by atoms with Crippen LogP contribution in [0, 0.1) is 12.8 Å². The number of carbonyl (C=O) groups is 1. The topological polar surface area (TPSA) is 74.2 Å². The molecule has 33 heavy (non-hydrogen) atoms. The molecule has 0 spiro atoms. The second kappa shape index (κ2) is 9.70. The molecule has 1 aliphatic rings. The van der Waals surface area contributed by atoms with Gasteiger partial charge in [0.1, 0.15) is 5.75 Å². The maximum Gasteiger partial charge on any atom is 0.169 e. The second-order valence-electron chi connectivity index (χ2n) is 9.40. The van der Waals surface area contributed by atoms with Gasteiger partial charge in [-0.05, 0) is 80.6 Å². The lowest BCUT2D eigenvalue weighted by atomic mass is 9.90. The first-order valence-corrected chi connectivity index (χ1v) is 12.1. The van der Waals surface area contributed by atoms with Crippen LogP contribution in [0.25, 0.3) is 22.0 Å². The number of aromatic hydroxyl groups is 1. The van der Waals surface area contributed by atoms with Crippen molar-refractivity contribution in [1.29, 1.82) is 0 Å². The molecule has 0 unspecified atom stereocenters. The minimum Gasteiger partial charge on any atom is -0.506 e. The summed E-state index contributed by atoms with van der Waals surface area (Å²) in [4.78, 5) is 17.7. The highest BCUT2D eigenvalue weighted by Crippen LogP contribution is 2.37. The number of phenols is 1. The van der Waals surface area contributed by atoms with Gasteiger partial charge in [-0.25, -0.2) is 0 Å². The van der Waals surface area contributed by atoms with E-state index in [1.807, 2.05) is 46.0 Å². The molecular formula is C27H32ClN3O2. The van der Waals surface area contributed by atoms with Crippen LogP contribution in [0.2, 0.25) is 5.02 Å². The first kappa shape index (κ1) is 23.5. The number of ketones is 1. The van der Waals surface area contributed by atoms with Gasteiger partial charge in [-0.2, -0.15) is 0 Å². The molecule has 3 N–H and O–H groups in total. The average molecular weight is 466 g/mol. The van der Waals surface area contributed by atoms with Crippen LogP contribution in [0.1, 0.15) is 55.5 Å². The van der Waals surface area contributed by atoms with Crippen molar-refractivity contribution in [3.05, 3.63) is 52.7 Å². The molecule has 0 aliphatic heterocycles. The van der Waals surface area contributed by atoms with E-state index in [2.05, 4.69) is 21.7 Å². The van der Waals surface area contributed by atoms with Crippen LogP contribution in [-0.4, -0.2) is 35.0 Å². The lowest BCUT2D eigenvalue weighted by molar-refractivity contribution is 0.0940. The Morgan fingerprint density at radius 1 is 1.09 bits per heavy atom. The summed E-state index contributed by atoms with van der Waals surface area (Å²) in [6.07, 6.45) is 6.05. The number of Topliss-reactive ketones (excluding diaryl/α,β-unsaturated/α-hetero) is 1. The van der Waals surface area contributed by atoms with Crippen LogP contribution >= 0.6 is 11.6 Å². The smallest absolute Gasteiger partial charge is 0.169 e. The molecule has 6 heteroatoms. The molecule has 1 aliphatic carbocycles. The summed E-state index contributed by atoms with van der Waals surface area (Å²) in [5.41, 5.74) is 4.95. The summed E-state index contributed by atoms with van der Waals surface area (Å²) < 4.78 is 0. The van der Waals surface area contributed by atoms with Crippen LogP contribution < -0.4 is 10.6 Å². The molecule has 2 aromatic carbocycles. The Morgan fingerprint density at radius 2 is 1.79 bits per heavy atom. The zero-order chi connectivity index (χ0) is 23.7. The fourth-order valence-electron chi connectivity index (χ4n) is 4.66. The van der Waals surface area contributed by atoms with Crippen LogP contribution in [-0.2, 0) is 0 Å². The molecule has 0 saturated heterocycles. The van der Waals surface area contributed by atoms with E-state index in [9.17, 15) is 9.90 Å². The number of nitrogens with zero attached hydrogens (tertiary/aromatic N) is 1. The van der Waals surface area contributed by atoms with Crippen LogP contribution in [0.15, 0.2) is 36.5 Å². The van der Waals surface area contributed by atoms with Gasteiger partial charge in [-0.1, -0.05) is 31.5 Å². The number of halogens is 1. The molecule has 0 atom stereocenters. The maximum absolute atomic E-state index is 13.1. The van der Waals surface area contributed by atoms with Gasteiger partial charge < -0.3 is 15.7 Å². The second-order valence-corrected chi connectivity index (χ2v) is 9.81. The molecule has 0 radical (unpaired) electrons. The fourth-order valence-corrected chi connectivity index (χ4v) is 4.93. The number of pyridine rings is 1. The SMILES string of the molecule is CN[C@H]1CC[C@H](Nc2c(C(=O)C(C)C)cnc3ccc(-c4cc(C)c(O)c(Cl)c4)cc23)CC1. The number of nitrogens with one attached hydrogen (secondary N) is 2. The summed E-state index contributed by atoms with van der Waals surface area (Å²) in [7, 11) is 2.02. The lowest BCUT2D eigenvalue weighted by Crippen LogP contribution is -2.35. The predicted molar refractivity (Wildman–Crippen MR) is 136 cm³/mol. The van der Waals surface area contributed by atoms with Crippen LogP contribution in [0.4, 0.5) is 5.69 Å². The number of hydrogen-bond acceptors (Lipinski definition) is 5. The third-order valence-electron chi connectivity index (χ3n) is 6.73. The predicted octanol–water partition coefficient (Wildman–Crippen LogP) is 6.35. The van der Waals surface area contributed by atoms with Crippen molar-refractivity contribution in [2.45, 2.75) is 58.5 Å². The van der Waals surface area contributed by atoms with Gasteiger partial charge in [0.25, 0.3) is 0 Å². The molecule has 1 aromatic heterocycles. The molecule has 1 saturated carbocycles. The average Bonchev–Trinajstić information content (AvgIpc) is 2.82. The number of hydrogen-bond donors (Lipinski definition) is 3. The van der Waals surface area contributed by atoms with Crippen molar-refractivity contribution in [3.63, 3.8) is 0 Å². The summed E-state index contributed by atoms with van der Waals surface area (Å²) in [5, 5.41) is 18.4. The largest absolute Gasteiger partial charge is 0.506 e. The number of fused-ring (bicyclic) bond motifs is 1. The molecule has 1 heterocycles. The number of rotatable bonds is 6. The molecule has 4 rings (SSSR count). The normalized spacial score (nSPS) is 18.6. The van der Waals surface area contributed by atoms with Crippen molar-refractivity contribution in [2.75, 3.05) is 12.4 Å². The van der Waals surface area contributed by atoms with Gasteiger partial charge in [0, 0.05) is 29.6 Å². The van der Waals surface area contributed by atoms with Gasteiger partial charge in [0.15, 0.2) is 5.78 Å². The highest BCUT2D eigenvalue weighted by atomic mass is 35.5.